The Morgan fingerprint density at radius 2 is 1.57 bits per heavy atom. The van der Waals surface area contributed by atoms with Gasteiger partial charge >= 0.3 is 0 Å². The van der Waals surface area contributed by atoms with Crippen molar-refractivity contribution in [2.75, 3.05) is 10.6 Å². The number of aryl methyl sites for hydroxylation is 1. The molecule has 0 bridgehead atoms. The average molecular weight is 417 g/mol. The van der Waals surface area contributed by atoms with Gasteiger partial charge in [-0.2, -0.15) is 0 Å². The maximum atomic E-state index is 3.93. The largest absolute Gasteiger partial charge is 0.383 e. The Morgan fingerprint density at radius 1 is 0.933 bits per heavy atom. The summed E-state index contributed by atoms with van der Waals surface area (Å²) in [6.07, 6.45) is 0. The molecule has 2 N–H and O–H groups in total. The normalized spacial score (nSPS) is 19.8. The van der Waals surface area contributed by atoms with E-state index in [0.29, 0.717) is 11.3 Å². The highest BCUT2D eigenvalue weighted by molar-refractivity contribution is 7.99. The first kappa shape index (κ1) is 20.9. The van der Waals surface area contributed by atoms with E-state index in [9.17, 15) is 0 Å². The van der Waals surface area contributed by atoms with Gasteiger partial charge in [0.25, 0.3) is 0 Å². The summed E-state index contributed by atoms with van der Waals surface area (Å²) in [5, 5.41) is 7.87. The van der Waals surface area contributed by atoms with Crippen molar-refractivity contribution >= 4 is 23.1 Å². The molecule has 156 valence electrons. The molecule has 0 amide bonds. The maximum absolute atomic E-state index is 3.93. The number of fused-ring (bicyclic) bond motifs is 1. The van der Waals surface area contributed by atoms with Gasteiger partial charge in [0, 0.05) is 33.0 Å². The number of nitrogens with one attached hydrogen (secondary N) is 2. The van der Waals surface area contributed by atoms with Crippen molar-refractivity contribution in [3.05, 3.63) is 89.5 Å². The molecule has 1 aliphatic rings. The van der Waals surface area contributed by atoms with Crippen LogP contribution < -0.4 is 10.6 Å². The van der Waals surface area contributed by atoms with Gasteiger partial charge in [0.1, 0.15) is 0 Å². The monoisotopic (exact) mass is 416 g/mol. The molecule has 3 aromatic carbocycles. The van der Waals surface area contributed by atoms with Crippen LogP contribution in [-0.2, 0) is 0 Å². The van der Waals surface area contributed by atoms with Crippen LogP contribution in [0.1, 0.15) is 55.7 Å². The Labute approximate surface area is 185 Å². The van der Waals surface area contributed by atoms with Crippen LogP contribution >= 0.6 is 11.8 Å². The van der Waals surface area contributed by atoms with E-state index >= 15 is 0 Å². The van der Waals surface area contributed by atoms with Crippen LogP contribution in [0.15, 0.2) is 77.7 Å². The van der Waals surface area contributed by atoms with E-state index in [1.165, 1.54) is 33.0 Å². The van der Waals surface area contributed by atoms with Crippen LogP contribution in [0.25, 0.3) is 0 Å². The van der Waals surface area contributed by atoms with Gasteiger partial charge in [-0.25, -0.2) is 0 Å². The minimum atomic E-state index is 0.0117. The zero-order valence-electron chi connectivity index (χ0n) is 18.6. The molecule has 0 spiro atoms. The van der Waals surface area contributed by atoms with Crippen LogP contribution in [0.4, 0.5) is 11.4 Å². The Bertz CT molecular complexity index is 996. The molecule has 1 aliphatic heterocycles. The Balaban J connectivity index is 1.85. The van der Waals surface area contributed by atoms with E-state index < -0.39 is 0 Å². The van der Waals surface area contributed by atoms with E-state index in [1.807, 2.05) is 11.8 Å². The number of hydrogen-bond acceptors (Lipinski definition) is 3. The molecular formula is C27H32N2S. The quantitative estimate of drug-likeness (QED) is 0.443. The lowest BCUT2D eigenvalue weighted by Crippen LogP contribution is -2.38. The van der Waals surface area contributed by atoms with Gasteiger partial charge in [-0.05, 0) is 61.7 Å². The molecule has 4 rings (SSSR count). The lowest BCUT2D eigenvalue weighted by molar-refractivity contribution is 0.288. The predicted octanol–water partition coefficient (Wildman–Crippen LogP) is 7.84. The van der Waals surface area contributed by atoms with E-state index in [-0.39, 0.29) is 11.5 Å². The Morgan fingerprint density at radius 3 is 2.20 bits per heavy atom. The van der Waals surface area contributed by atoms with Gasteiger partial charge in [-0.1, -0.05) is 62.4 Å². The third-order valence-electron chi connectivity index (χ3n) is 5.94. The number of thioether (sulfide) groups is 1. The van der Waals surface area contributed by atoms with E-state index in [4.69, 9.17) is 0 Å². The standard InChI is InChI=1S/C27H32N2S/c1-18(2)28-21-16-19(3)24-23(17-21)26(30-22-14-10-7-11-15-22)27(4,5)25(29-24)20-12-8-6-9-13-20/h6-18,25-26,28-29H,1-5H3. The molecule has 0 radical (unpaired) electrons. The van der Waals surface area contributed by atoms with Gasteiger partial charge in [-0.3, -0.25) is 0 Å². The molecule has 0 aliphatic carbocycles. The highest BCUT2D eigenvalue weighted by atomic mass is 32.2. The van der Waals surface area contributed by atoms with Crippen molar-refractivity contribution in [2.24, 2.45) is 5.41 Å². The molecule has 1 heterocycles. The SMILES string of the molecule is Cc1cc(NC(C)C)cc2c1NC(c1ccccc1)C(C)(C)C2Sc1ccccc1. The second-order valence-electron chi connectivity index (χ2n) is 9.18. The molecule has 2 atom stereocenters. The summed E-state index contributed by atoms with van der Waals surface area (Å²) in [6.45, 7) is 11.4. The van der Waals surface area contributed by atoms with Crippen molar-refractivity contribution in [3.63, 3.8) is 0 Å². The van der Waals surface area contributed by atoms with Crippen LogP contribution in [0.2, 0.25) is 0 Å². The third-order valence-corrected chi connectivity index (χ3v) is 7.58. The average Bonchev–Trinajstić information content (AvgIpc) is 2.71. The van der Waals surface area contributed by atoms with Crippen molar-refractivity contribution < 1.29 is 0 Å². The smallest absolute Gasteiger partial charge is 0.0578 e. The molecule has 3 aromatic rings. The second kappa shape index (κ2) is 8.39. The van der Waals surface area contributed by atoms with Crippen LogP contribution in [0, 0.1) is 12.3 Å². The number of anilines is 2. The highest BCUT2D eigenvalue weighted by Gasteiger charge is 2.45. The van der Waals surface area contributed by atoms with Crippen molar-refractivity contribution in [1.29, 1.82) is 0 Å². The fraction of sp³-hybridized carbons (Fsp3) is 0.333. The fourth-order valence-corrected chi connectivity index (χ4v) is 5.87. The second-order valence-corrected chi connectivity index (χ2v) is 10.4. The minimum Gasteiger partial charge on any atom is -0.383 e. The number of benzene rings is 3. The lowest BCUT2D eigenvalue weighted by atomic mass is 9.72. The minimum absolute atomic E-state index is 0.0117. The lowest BCUT2D eigenvalue weighted by Gasteiger charge is -2.47. The fourth-order valence-electron chi connectivity index (χ4n) is 4.53. The Kier molecular flexibility index (Phi) is 5.84. The molecule has 0 saturated heterocycles. The summed E-state index contributed by atoms with van der Waals surface area (Å²) in [5.41, 5.74) is 6.53. The van der Waals surface area contributed by atoms with Gasteiger partial charge in [0.05, 0.1) is 6.04 Å². The zero-order valence-corrected chi connectivity index (χ0v) is 19.4. The van der Waals surface area contributed by atoms with E-state index in [0.717, 1.165) is 0 Å². The summed E-state index contributed by atoms with van der Waals surface area (Å²) in [6, 6.07) is 27.0. The summed E-state index contributed by atoms with van der Waals surface area (Å²) < 4.78 is 0. The van der Waals surface area contributed by atoms with Gasteiger partial charge in [-0.15, -0.1) is 11.8 Å². The summed E-state index contributed by atoms with van der Waals surface area (Å²) in [4.78, 5) is 1.31. The predicted molar refractivity (Wildman–Crippen MR) is 132 cm³/mol. The van der Waals surface area contributed by atoms with Crippen molar-refractivity contribution in [3.8, 4) is 0 Å². The van der Waals surface area contributed by atoms with E-state index in [2.05, 4.69) is 118 Å². The summed E-state index contributed by atoms with van der Waals surface area (Å²) in [7, 11) is 0. The molecule has 0 aromatic heterocycles. The molecule has 3 heteroatoms. The molecule has 0 saturated carbocycles. The first-order valence-electron chi connectivity index (χ1n) is 10.8. The first-order chi connectivity index (χ1) is 14.4. The molecule has 2 unspecified atom stereocenters. The molecule has 2 nitrogen and oxygen atoms in total. The topological polar surface area (TPSA) is 24.1 Å². The van der Waals surface area contributed by atoms with Crippen molar-refractivity contribution in [2.45, 2.75) is 56.8 Å². The van der Waals surface area contributed by atoms with Crippen LogP contribution in [0.3, 0.4) is 0 Å². The van der Waals surface area contributed by atoms with Gasteiger partial charge < -0.3 is 10.6 Å². The third kappa shape index (κ3) is 4.09. The molecule has 30 heavy (non-hydrogen) atoms. The first-order valence-corrected chi connectivity index (χ1v) is 11.7. The van der Waals surface area contributed by atoms with Gasteiger partial charge in [0.2, 0.25) is 0 Å². The summed E-state index contributed by atoms with van der Waals surface area (Å²) >= 11 is 1.98. The van der Waals surface area contributed by atoms with Crippen LogP contribution in [-0.4, -0.2) is 6.04 Å². The molecular weight excluding hydrogens is 384 g/mol. The molecule has 0 fully saturated rings. The number of rotatable bonds is 5. The van der Waals surface area contributed by atoms with Crippen LogP contribution in [0.5, 0.6) is 0 Å². The van der Waals surface area contributed by atoms with E-state index in [1.54, 1.807) is 0 Å². The van der Waals surface area contributed by atoms with Gasteiger partial charge in [0.15, 0.2) is 0 Å². The summed E-state index contributed by atoms with van der Waals surface area (Å²) in [5.74, 6) is 0. The highest BCUT2D eigenvalue weighted by Crippen LogP contribution is 2.59. The Hall–Kier alpha value is -2.39. The zero-order chi connectivity index (χ0) is 21.3. The number of hydrogen-bond donors (Lipinski definition) is 2. The maximum Gasteiger partial charge on any atom is 0.0578 e. The van der Waals surface area contributed by atoms with Crippen molar-refractivity contribution in [1.82, 2.24) is 0 Å².